The highest BCUT2D eigenvalue weighted by molar-refractivity contribution is 6.31. The first-order chi connectivity index (χ1) is 22.2. The van der Waals surface area contributed by atoms with Crippen LogP contribution in [0.5, 0.6) is 0 Å². The van der Waals surface area contributed by atoms with E-state index in [1.54, 1.807) is 48.5 Å². The Kier molecular flexibility index (Phi) is 8.98. The normalized spacial score (nSPS) is 14.3. The summed E-state index contributed by atoms with van der Waals surface area (Å²) in [4.78, 5) is 61.8. The molecule has 0 bridgehead atoms. The summed E-state index contributed by atoms with van der Waals surface area (Å²) < 4.78 is 11.3. The molecule has 2 heterocycles. The third kappa shape index (κ3) is 6.57. The van der Waals surface area contributed by atoms with E-state index in [1.165, 1.54) is 12.2 Å². The highest BCUT2D eigenvalue weighted by atomic mass is 35.5. The summed E-state index contributed by atoms with van der Waals surface area (Å²) in [7, 11) is 1.96. The Morgan fingerprint density at radius 3 is 1.54 bits per heavy atom. The number of allylic oxidation sites excluding steroid dienone is 4. The van der Waals surface area contributed by atoms with E-state index in [1.807, 2.05) is 7.05 Å². The maximum Gasteiger partial charge on any atom is 0.246 e. The van der Waals surface area contributed by atoms with Crippen molar-refractivity contribution in [1.29, 1.82) is 0 Å². The number of Topliss-reactive ketones (excluding diaryl/α,β-unsaturated/α-hetero) is 2. The first-order valence-electron chi connectivity index (χ1n) is 14.5. The molecule has 2 aromatic heterocycles. The van der Waals surface area contributed by atoms with Crippen LogP contribution in [0.4, 0.5) is 0 Å². The van der Waals surface area contributed by atoms with Crippen molar-refractivity contribution in [2.45, 2.75) is 12.8 Å². The summed E-state index contributed by atoms with van der Waals surface area (Å²) >= 11 is 12.1. The molecule has 0 amide bonds. The van der Waals surface area contributed by atoms with Crippen LogP contribution < -0.4 is 10.6 Å². The molecule has 2 aliphatic carbocycles. The second kappa shape index (κ2) is 13.3. The van der Waals surface area contributed by atoms with Crippen molar-refractivity contribution in [3.05, 3.63) is 105 Å². The lowest BCUT2D eigenvalue weighted by Crippen LogP contribution is -2.31. The number of oxazole rings is 2. The Morgan fingerprint density at radius 1 is 0.696 bits per heavy atom. The van der Waals surface area contributed by atoms with Gasteiger partial charge in [-0.1, -0.05) is 35.3 Å². The fourth-order valence-electron chi connectivity index (χ4n) is 5.07. The highest BCUT2D eigenvalue weighted by Crippen LogP contribution is 2.30. The van der Waals surface area contributed by atoms with E-state index in [0.717, 1.165) is 0 Å². The first-order valence-corrected chi connectivity index (χ1v) is 15.2. The monoisotopic (exact) mass is 659 g/mol. The largest absolute Gasteiger partial charge is 0.432 e. The van der Waals surface area contributed by atoms with Crippen LogP contribution in [0.1, 0.15) is 54.9 Å². The molecule has 2 aliphatic rings. The lowest BCUT2D eigenvalue weighted by atomic mass is 10.0. The number of fused-ring (bicyclic) bond motifs is 2. The van der Waals surface area contributed by atoms with Crippen molar-refractivity contribution in [3.63, 3.8) is 0 Å². The molecule has 11 nitrogen and oxygen atoms in total. The number of aromatic nitrogens is 2. The quantitative estimate of drug-likeness (QED) is 0.188. The number of carbonyl (C=O) groups excluding carboxylic acids is 4. The van der Waals surface area contributed by atoms with Gasteiger partial charge in [0.15, 0.2) is 11.4 Å². The van der Waals surface area contributed by atoms with Gasteiger partial charge in [0.1, 0.15) is 0 Å². The Morgan fingerprint density at radius 2 is 1.13 bits per heavy atom. The van der Waals surface area contributed by atoms with Crippen LogP contribution >= 0.6 is 23.2 Å². The zero-order valence-corrected chi connectivity index (χ0v) is 26.1. The number of nitrogens with one attached hydrogen (secondary N) is 2. The molecule has 13 heteroatoms. The van der Waals surface area contributed by atoms with Gasteiger partial charge in [-0.15, -0.1) is 0 Å². The van der Waals surface area contributed by atoms with Crippen LogP contribution in [0.3, 0.4) is 0 Å². The average Bonchev–Trinajstić information content (AvgIpc) is 3.69. The Balaban J connectivity index is 0.935. The summed E-state index contributed by atoms with van der Waals surface area (Å²) in [6, 6.07) is 13.6. The van der Waals surface area contributed by atoms with Crippen molar-refractivity contribution >= 4 is 46.3 Å². The van der Waals surface area contributed by atoms with Gasteiger partial charge in [0.2, 0.25) is 46.4 Å². The van der Waals surface area contributed by atoms with Gasteiger partial charge in [-0.05, 0) is 69.4 Å². The molecule has 0 saturated heterocycles. The maximum absolute atomic E-state index is 13.0. The number of nitrogens with zero attached hydrogens (tertiary/aromatic N) is 3. The van der Waals surface area contributed by atoms with Crippen LogP contribution in [-0.4, -0.2) is 71.2 Å². The smallest absolute Gasteiger partial charge is 0.246 e. The van der Waals surface area contributed by atoms with E-state index < -0.39 is 23.1 Å². The van der Waals surface area contributed by atoms with Gasteiger partial charge in [-0.25, -0.2) is 9.97 Å². The fraction of sp³-hybridized carbons (Fsp3) is 0.212. The number of ketones is 4. The molecular weight excluding hydrogens is 633 g/mol. The van der Waals surface area contributed by atoms with Crippen LogP contribution in [0.2, 0.25) is 10.0 Å². The predicted molar refractivity (Wildman–Crippen MR) is 170 cm³/mol. The number of halogens is 2. The van der Waals surface area contributed by atoms with Gasteiger partial charge in [-0.2, -0.15) is 0 Å². The van der Waals surface area contributed by atoms with Gasteiger partial charge in [0, 0.05) is 46.4 Å². The van der Waals surface area contributed by atoms with Gasteiger partial charge >= 0.3 is 0 Å². The SMILES string of the molecule is CN(CCCNC1=CC(=O)c2nc(-c3cccc(Cl)c3)oc2C1=O)CCCNC1=CC(=O)c2nc(-c3cccc(Cl)c3)oc2C1=O. The van der Waals surface area contributed by atoms with Gasteiger partial charge < -0.3 is 24.4 Å². The minimum Gasteiger partial charge on any atom is -0.432 e. The number of carbonyl (C=O) groups is 4. The lowest BCUT2D eigenvalue weighted by Gasteiger charge is -2.18. The lowest BCUT2D eigenvalue weighted by molar-refractivity contribution is 0.0956. The predicted octanol–water partition coefficient (Wildman–Crippen LogP) is 5.42. The standard InChI is InChI=1S/C33H27Cl2N5O6/c1-40(12-4-10-36-22-16-24(41)26-30(28(22)43)45-32(38-26)18-6-2-8-20(34)14-18)13-5-11-37-23-17-25(42)27-31(29(23)44)46-33(39-27)19-7-3-9-21(35)15-19/h2-3,6-9,14-17,36-37H,4-5,10-13H2,1H3. The first kappa shape index (κ1) is 31.2. The number of rotatable bonds is 12. The molecular formula is C33H27Cl2N5O6. The molecule has 4 aromatic rings. The third-order valence-electron chi connectivity index (χ3n) is 7.38. The van der Waals surface area contributed by atoms with Crippen molar-refractivity contribution < 1.29 is 28.0 Å². The Hall–Kier alpha value is -4.84. The number of benzene rings is 2. The van der Waals surface area contributed by atoms with E-state index in [9.17, 15) is 19.2 Å². The molecule has 46 heavy (non-hydrogen) atoms. The van der Waals surface area contributed by atoms with E-state index in [-0.39, 0.29) is 46.1 Å². The summed E-state index contributed by atoms with van der Waals surface area (Å²) in [6.45, 7) is 2.34. The molecule has 0 fully saturated rings. The number of hydrogen-bond donors (Lipinski definition) is 2. The summed E-state index contributed by atoms with van der Waals surface area (Å²) in [5.74, 6) is -1.56. The second-order valence-electron chi connectivity index (χ2n) is 10.8. The fourth-order valence-corrected chi connectivity index (χ4v) is 5.45. The summed E-state index contributed by atoms with van der Waals surface area (Å²) in [5, 5.41) is 7.05. The van der Waals surface area contributed by atoms with Crippen LogP contribution in [0, 0.1) is 0 Å². The van der Waals surface area contributed by atoms with Crippen molar-refractivity contribution in [2.24, 2.45) is 0 Å². The van der Waals surface area contributed by atoms with E-state index in [0.29, 0.717) is 60.2 Å². The van der Waals surface area contributed by atoms with Crippen molar-refractivity contribution in [3.8, 4) is 22.9 Å². The highest BCUT2D eigenvalue weighted by Gasteiger charge is 2.33. The molecule has 0 atom stereocenters. The third-order valence-corrected chi connectivity index (χ3v) is 7.85. The van der Waals surface area contributed by atoms with E-state index >= 15 is 0 Å². The zero-order valence-electron chi connectivity index (χ0n) is 24.6. The molecule has 2 aromatic carbocycles. The molecule has 0 unspecified atom stereocenters. The number of hydrogen-bond acceptors (Lipinski definition) is 11. The summed E-state index contributed by atoms with van der Waals surface area (Å²) in [5.41, 5.74) is 1.42. The van der Waals surface area contributed by atoms with Gasteiger partial charge in [0.25, 0.3) is 0 Å². The van der Waals surface area contributed by atoms with Crippen molar-refractivity contribution in [1.82, 2.24) is 25.5 Å². The van der Waals surface area contributed by atoms with Gasteiger partial charge in [-0.3, -0.25) is 19.2 Å². The van der Waals surface area contributed by atoms with Crippen LogP contribution in [-0.2, 0) is 0 Å². The van der Waals surface area contributed by atoms with E-state index in [2.05, 4.69) is 25.5 Å². The van der Waals surface area contributed by atoms with E-state index in [4.69, 9.17) is 32.0 Å². The molecule has 6 rings (SSSR count). The van der Waals surface area contributed by atoms with Crippen molar-refractivity contribution in [2.75, 3.05) is 33.2 Å². The second-order valence-corrected chi connectivity index (χ2v) is 11.7. The van der Waals surface area contributed by atoms with Crippen LogP contribution in [0.25, 0.3) is 22.9 Å². The average molecular weight is 661 g/mol. The minimum atomic E-state index is -0.432. The molecule has 0 spiro atoms. The molecule has 0 aliphatic heterocycles. The molecule has 0 saturated carbocycles. The molecule has 234 valence electrons. The molecule has 2 N–H and O–H groups in total. The molecule has 0 radical (unpaired) electrons. The Labute approximate surface area is 273 Å². The van der Waals surface area contributed by atoms with Gasteiger partial charge in [0.05, 0.1) is 11.4 Å². The minimum absolute atomic E-state index is 0.0162. The Bertz CT molecular complexity index is 1800. The summed E-state index contributed by atoms with van der Waals surface area (Å²) in [6.07, 6.45) is 3.88. The van der Waals surface area contributed by atoms with Crippen LogP contribution in [0.15, 0.2) is 80.9 Å². The maximum atomic E-state index is 13.0. The zero-order chi connectivity index (χ0) is 32.4. The topological polar surface area (TPSA) is 148 Å².